The molecule has 1 fully saturated rings. The summed E-state index contributed by atoms with van der Waals surface area (Å²) < 4.78 is 31.6. The second-order valence-electron chi connectivity index (χ2n) is 7.29. The van der Waals surface area contributed by atoms with Gasteiger partial charge in [0.25, 0.3) is 11.6 Å². The molecule has 0 aliphatic carbocycles. The van der Waals surface area contributed by atoms with Crippen molar-refractivity contribution in [3.05, 3.63) is 97.3 Å². The van der Waals surface area contributed by atoms with Gasteiger partial charge in [-0.25, -0.2) is 4.99 Å². The summed E-state index contributed by atoms with van der Waals surface area (Å²) in [4.78, 5) is 27.2. The Bertz CT molecular complexity index is 1500. The fourth-order valence-corrected chi connectivity index (χ4v) is 5.19. The highest BCUT2D eigenvalue weighted by atomic mass is 79.9. The first-order valence-electron chi connectivity index (χ1n) is 9.95. The molecule has 0 aromatic heterocycles. The van der Waals surface area contributed by atoms with Crippen molar-refractivity contribution in [1.29, 1.82) is 0 Å². The third kappa shape index (κ3) is 5.96. The Kier molecular flexibility index (Phi) is 7.05. The van der Waals surface area contributed by atoms with Crippen LogP contribution in [0.2, 0.25) is 0 Å². The summed E-state index contributed by atoms with van der Waals surface area (Å²) in [5, 5.41) is 14.1. The number of aliphatic imine (C=N–C) groups is 1. The van der Waals surface area contributed by atoms with Crippen LogP contribution in [0.15, 0.2) is 86.0 Å². The summed E-state index contributed by atoms with van der Waals surface area (Å²) in [7, 11) is -4.39. The zero-order chi connectivity index (χ0) is 25.2. The predicted molar refractivity (Wildman–Crippen MR) is 137 cm³/mol. The van der Waals surface area contributed by atoms with Crippen LogP contribution in [0.25, 0.3) is 6.08 Å². The van der Waals surface area contributed by atoms with Crippen LogP contribution in [-0.4, -0.2) is 24.4 Å². The lowest BCUT2D eigenvalue weighted by atomic mass is 10.2. The highest BCUT2D eigenvalue weighted by Gasteiger charge is 2.26. The molecule has 1 aliphatic heterocycles. The van der Waals surface area contributed by atoms with Gasteiger partial charge < -0.3 is 9.50 Å². The average molecular weight is 574 g/mol. The molecule has 3 aromatic rings. The second-order valence-corrected chi connectivity index (χ2v) is 10.8. The molecule has 3 aromatic carbocycles. The molecular formula is C23H16BrN3O6S2. The Hall–Kier alpha value is -3.48. The molecular weight excluding hydrogens is 558 g/mol. The smallest absolute Gasteiger partial charge is 0.339 e. The lowest BCUT2D eigenvalue weighted by molar-refractivity contribution is -0.385. The standard InChI is InChI=1S/C23H16BrN3O6S2/c1-14-5-8-17(9-6-14)25-23-26-22(28)21(34-23)12-15-11-16(24)7-10-20(15)33-35(31,32)19-4-2-3-18(13-19)27(29)30/h2-13H,1H3,(H,25,26,28)/b21-12-. The van der Waals surface area contributed by atoms with Gasteiger partial charge in [0, 0.05) is 22.2 Å². The van der Waals surface area contributed by atoms with Gasteiger partial charge in [-0.15, -0.1) is 0 Å². The molecule has 0 spiro atoms. The third-order valence-electron chi connectivity index (χ3n) is 4.69. The van der Waals surface area contributed by atoms with E-state index in [2.05, 4.69) is 26.2 Å². The molecule has 1 saturated heterocycles. The number of nitrogens with zero attached hydrogens (tertiary/aromatic N) is 2. The van der Waals surface area contributed by atoms with Crippen LogP contribution in [0.1, 0.15) is 11.1 Å². The maximum absolute atomic E-state index is 12.8. The van der Waals surface area contributed by atoms with E-state index in [1.54, 1.807) is 12.1 Å². The van der Waals surface area contributed by atoms with Crippen LogP contribution in [-0.2, 0) is 14.9 Å². The molecule has 0 bridgehead atoms. The molecule has 0 saturated carbocycles. The molecule has 12 heteroatoms. The van der Waals surface area contributed by atoms with Gasteiger partial charge in [-0.2, -0.15) is 8.42 Å². The summed E-state index contributed by atoms with van der Waals surface area (Å²) in [6.45, 7) is 1.96. The van der Waals surface area contributed by atoms with Gasteiger partial charge in [0.2, 0.25) is 0 Å². The molecule has 35 heavy (non-hydrogen) atoms. The van der Waals surface area contributed by atoms with Crippen LogP contribution in [0, 0.1) is 17.0 Å². The van der Waals surface area contributed by atoms with Crippen molar-refractivity contribution < 1.29 is 22.3 Å². The van der Waals surface area contributed by atoms with Crippen molar-refractivity contribution in [1.82, 2.24) is 5.32 Å². The van der Waals surface area contributed by atoms with E-state index in [1.807, 2.05) is 31.2 Å². The number of carbonyl (C=O) groups is 1. The van der Waals surface area contributed by atoms with E-state index in [9.17, 15) is 23.3 Å². The van der Waals surface area contributed by atoms with Crippen molar-refractivity contribution in [3.8, 4) is 5.75 Å². The zero-order valence-electron chi connectivity index (χ0n) is 18.0. The average Bonchev–Trinajstić information content (AvgIpc) is 3.15. The first-order chi connectivity index (χ1) is 16.6. The van der Waals surface area contributed by atoms with E-state index in [4.69, 9.17) is 4.18 Å². The Morgan fingerprint density at radius 2 is 1.86 bits per heavy atom. The molecule has 0 radical (unpaired) electrons. The summed E-state index contributed by atoms with van der Waals surface area (Å²) in [6, 6.07) is 16.6. The van der Waals surface area contributed by atoms with E-state index >= 15 is 0 Å². The molecule has 1 heterocycles. The minimum Gasteiger partial charge on any atom is -0.378 e. The fourth-order valence-electron chi connectivity index (χ4n) is 2.99. The van der Waals surface area contributed by atoms with Crippen molar-refractivity contribution in [2.45, 2.75) is 11.8 Å². The molecule has 1 aliphatic rings. The lowest BCUT2D eigenvalue weighted by Crippen LogP contribution is -2.19. The molecule has 9 nitrogen and oxygen atoms in total. The minimum absolute atomic E-state index is 0.0514. The molecule has 4 rings (SSSR count). The maximum Gasteiger partial charge on any atom is 0.339 e. The molecule has 178 valence electrons. The Labute approximate surface area is 213 Å². The predicted octanol–water partition coefficient (Wildman–Crippen LogP) is 5.33. The van der Waals surface area contributed by atoms with Gasteiger partial charge in [0.05, 0.1) is 15.5 Å². The largest absolute Gasteiger partial charge is 0.378 e. The summed E-state index contributed by atoms with van der Waals surface area (Å²) in [5.74, 6) is -0.446. The van der Waals surface area contributed by atoms with Crippen LogP contribution in [0.4, 0.5) is 11.4 Å². The normalized spacial score (nSPS) is 15.9. The number of amidine groups is 1. The number of non-ortho nitro benzene ring substituents is 1. The molecule has 1 amide bonds. The summed E-state index contributed by atoms with van der Waals surface area (Å²) in [6.07, 6.45) is 1.49. The van der Waals surface area contributed by atoms with Crippen LogP contribution in [0.5, 0.6) is 5.75 Å². The SMILES string of the molecule is Cc1ccc(N=C2NC(=O)/C(=C/c3cc(Br)ccc3OS(=O)(=O)c3cccc([N+](=O)[O-])c3)S2)cc1. The monoisotopic (exact) mass is 573 g/mol. The highest BCUT2D eigenvalue weighted by Crippen LogP contribution is 2.33. The number of hydrogen-bond acceptors (Lipinski definition) is 8. The van der Waals surface area contributed by atoms with Crippen LogP contribution >= 0.6 is 27.7 Å². The Morgan fingerprint density at radius 1 is 1.11 bits per heavy atom. The van der Waals surface area contributed by atoms with Crippen LogP contribution < -0.4 is 9.50 Å². The minimum atomic E-state index is -4.39. The lowest BCUT2D eigenvalue weighted by Gasteiger charge is -2.10. The first kappa shape index (κ1) is 24.6. The quantitative estimate of drug-likeness (QED) is 0.183. The molecule has 1 N–H and O–H groups in total. The van der Waals surface area contributed by atoms with E-state index in [1.165, 1.54) is 30.3 Å². The van der Waals surface area contributed by atoms with Crippen LogP contribution in [0.3, 0.4) is 0 Å². The topological polar surface area (TPSA) is 128 Å². The van der Waals surface area contributed by atoms with E-state index in [0.717, 1.165) is 23.4 Å². The number of carbonyl (C=O) groups excluding carboxylic acids is 1. The third-order valence-corrected chi connectivity index (χ3v) is 7.32. The Morgan fingerprint density at radius 3 is 2.57 bits per heavy atom. The number of hydrogen-bond donors (Lipinski definition) is 1. The van der Waals surface area contributed by atoms with Gasteiger partial charge in [-0.3, -0.25) is 14.9 Å². The number of amides is 1. The number of rotatable bonds is 6. The van der Waals surface area contributed by atoms with E-state index < -0.39 is 20.9 Å². The van der Waals surface area contributed by atoms with Gasteiger partial charge in [0.1, 0.15) is 10.6 Å². The number of aryl methyl sites for hydroxylation is 1. The van der Waals surface area contributed by atoms with Crippen molar-refractivity contribution >= 4 is 66.3 Å². The highest BCUT2D eigenvalue weighted by molar-refractivity contribution is 9.10. The number of nitrogens with one attached hydrogen (secondary N) is 1. The van der Waals surface area contributed by atoms with Gasteiger partial charge in [0.15, 0.2) is 5.17 Å². The number of thioether (sulfide) groups is 1. The number of halogens is 1. The maximum atomic E-state index is 12.8. The molecule has 0 atom stereocenters. The van der Waals surface area contributed by atoms with Crippen molar-refractivity contribution in [3.63, 3.8) is 0 Å². The Balaban J connectivity index is 1.64. The second kappa shape index (κ2) is 10.0. The van der Waals surface area contributed by atoms with Crippen molar-refractivity contribution in [2.75, 3.05) is 0 Å². The number of nitro benzene ring substituents is 1. The van der Waals surface area contributed by atoms with Gasteiger partial charge in [-0.1, -0.05) is 39.7 Å². The summed E-state index contributed by atoms with van der Waals surface area (Å²) in [5.41, 5.74) is 1.68. The fraction of sp³-hybridized carbons (Fsp3) is 0.0435. The first-order valence-corrected chi connectivity index (χ1v) is 13.0. The zero-order valence-corrected chi connectivity index (χ0v) is 21.2. The van der Waals surface area contributed by atoms with Crippen molar-refractivity contribution in [2.24, 2.45) is 4.99 Å². The summed E-state index contributed by atoms with van der Waals surface area (Å²) >= 11 is 4.43. The molecule has 0 unspecified atom stereocenters. The van der Waals surface area contributed by atoms with E-state index in [-0.39, 0.29) is 21.2 Å². The van der Waals surface area contributed by atoms with E-state index in [0.29, 0.717) is 20.9 Å². The van der Waals surface area contributed by atoms with Gasteiger partial charge in [-0.05, 0) is 61.2 Å². The number of benzene rings is 3. The number of nitro groups is 1. The van der Waals surface area contributed by atoms with Gasteiger partial charge >= 0.3 is 10.1 Å².